The molecule has 15 heavy (non-hydrogen) atoms. The van der Waals surface area contributed by atoms with E-state index >= 15 is 0 Å². The van der Waals surface area contributed by atoms with Crippen LogP contribution >= 0.6 is 15.9 Å². The van der Waals surface area contributed by atoms with Gasteiger partial charge in [0.05, 0.1) is 18.8 Å². The molecule has 1 saturated heterocycles. The van der Waals surface area contributed by atoms with Crippen LogP contribution < -0.4 is 0 Å². The number of sulfonamides is 1. The van der Waals surface area contributed by atoms with E-state index in [-0.39, 0.29) is 16.8 Å². The van der Waals surface area contributed by atoms with E-state index < -0.39 is 10.0 Å². The summed E-state index contributed by atoms with van der Waals surface area (Å²) in [5.74, 6) is 0. The lowest BCUT2D eigenvalue weighted by atomic mass is 9.91. The smallest absolute Gasteiger partial charge is 0.224 e. The Morgan fingerprint density at radius 1 is 1.33 bits per heavy atom. The molecule has 1 heterocycles. The molecule has 6 heteroatoms. The highest BCUT2D eigenvalue weighted by Crippen LogP contribution is 2.30. The second-order valence-electron chi connectivity index (χ2n) is 4.09. The summed E-state index contributed by atoms with van der Waals surface area (Å²) in [5.41, 5.74) is 0. The largest absolute Gasteiger partial charge is 0.375 e. The number of morpholine rings is 1. The van der Waals surface area contributed by atoms with Crippen molar-refractivity contribution in [2.24, 2.45) is 0 Å². The third kappa shape index (κ3) is 2.38. The Hall–Kier alpha value is 0.350. The fraction of sp³-hybridized carbons (Fsp3) is 1.00. The lowest BCUT2D eigenvalue weighted by Crippen LogP contribution is -2.54. The number of hydrogen-bond donors (Lipinski definition) is 0. The minimum Gasteiger partial charge on any atom is -0.375 e. The summed E-state index contributed by atoms with van der Waals surface area (Å²) < 4.78 is 30.9. The monoisotopic (exact) mass is 297 g/mol. The molecular formula is C9H16BrNO3S. The van der Waals surface area contributed by atoms with Gasteiger partial charge in [0.15, 0.2) is 0 Å². The SMILES string of the molecule is O=S(=O)(CBr)N1CCOC2CCCCC21. The predicted molar refractivity (Wildman–Crippen MR) is 61.4 cm³/mol. The summed E-state index contributed by atoms with van der Waals surface area (Å²) in [6.07, 6.45) is 4.33. The highest BCUT2D eigenvalue weighted by atomic mass is 79.9. The van der Waals surface area contributed by atoms with Crippen LogP contribution in [0.25, 0.3) is 0 Å². The van der Waals surface area contributed by atoms with Gasteiger partial charge >= 0.3 is 0 Å². The molecule has 2 fully saturated rings. The van der Waals surface area contributed by atoms with Crippen molar-refractivity contribution in [3.63, 3.8) is 0 Å². The zero-order valence-electron chi connectivity index (χ0n) is 8.56. The van der Waals surface area contributed by atoms with E-state index in [0.717, 1.165) is 25.7 Å². The summed E-state index contributed by atoms with van der Waals surface area (Å²) in [6.45, 7) is 1.04. The molecule has 1 saturated carbocycles. The molecule has 1 aliphatic heterocycles. The summed E-state index contributed by atoms with van der Waals surface area (Å²) in [7, 11) is -3.12. The van der Waals surface area contributed by atoms with Crippen LogP contribution in [0, 0.1) is 0 Å². The van der Waals surface area contributed by atoms with Crippen LogP contribution in [0.4, 0.5) is 0 Å². The molecule has 0 amide bonds. The van der Waals surface area contributed by atoms with Crippen molar-refractivity contribution in [2.75, 3.05) is 17.8 Å². The van der Waals surface area contributed by atoms with E-state index in [0.29, 0.717) is 13.2 Å². The quantitative estimate of drug-likeness (QED) is 0.722. The molecule has 1 aliphatic carbocycles. The second-order valence-corrected chi connectivity index (χ2v) is 7.32. The van der Waals surface area contributed by atoms with Crippen molar-refractivity contribution in [3.8, 4) is 0 Å². The maximum atomic E-state index is 11.8. The molecule has 4 nitrogen and oxygen atoms in total. The highest BCUT2D eigenvalue weighted by Gasteiger charge is 2.39. The van der Waals surface area contributed by atoms with Gasteiger partial charge in [-0.3, -0.25) is 0 Å². The van der Waals surface area contributed by atoms with Gasteiger partial charge in [-0.25, -0.2) is 8.42 Å². The Morgan fingerprint density at radius 2 is 2.07 bits per heavy atom. The van der Waals surface area contributed by atoms with Gasteiger partial charge in [-0.2, -0.15) is 4.31 Å². The first-order valence-corrected chi connectivity index (χ1v) is 8.05. The molecule has 2 unspecified atom stereocenters. The summed E-state index contributed by atoms with van der Waals surface area (Å²) in [4.78, 5) is 0. The molecule has 0 aromatic rings. The fourth-order valence-corrected chi connectivity index (χ4v) is 4.39. The molecule has 0 N–H and O–H groups in total. The van der Waals surface area contributed by atoms with Crippen molar-refractivity contribution in [2.45, 2.75) is 37.8 Å². The number of hydrogen-bond acceptors (Lipinski definition) is 3. The first-order chi connectivity index (χ1) is 7.15. The topological polar surface area (TPSA) is 46.6 Å². The Balaban J connectivity index is 2.17. The van der Waals surface area contributed by atoms with Crippen molar-refractivity contribution >= 4 is 26.0 Å². The van der Waals surface area contributed by atoms with Crippen molar-refractivity contribution in [1.82, 2.24) is 4.31 Å². The zero-order valence-corrected chi connectivity index (χ0v) is 11.0. The summed E-state index contributed by atoms with van der Waals surface area (Å²) >= 11 is 3.05. The minimum atomic E-state index is -3.12. The van der Waals surface area contributed by atoms with E-state index in [1.165, 1.54) is 0 Å². The van der Waals surface area contributed by atoms with E-state index in [4.69, 9.17) is 4.74 Å². The Morgan fingerprint density at radius 3 is 2.80 bits per heavy atom. The molecule has 0 radical (unpaired) electrons. The molecule has 2 rings (SSSR count). The molecule has 2 aliphatic rings. The number of nitrogens with zero attached hydrogens (tertiary/aromatic N) is 1. The average Bonchev–Trinajstić information content (AvgIpc) is 2.28. The number of alkyl halides is 1. The van der Waals surface area contributed by atoms with Crippen LogP contribution in [0.5, 0.6) is 0 Å². The standard InChI is InChI=1S/C9H16BrNO3S/c10-7-15(12,13)11-5-6-14-9-4-2-1-3-8(9)11/h8-9H,1-7H2. The van der Waals surface area contributed by atoms with E-state index in [9.17, 15) is 8.42 Å². The summed E-state index contributed by atoms with van der Waals surface area (Å²) in [5, 5.41) is 0. The highest BCUT2D eigenvalue weighted by molar-refractivity contribution is 9.10. The first kappa shape index (κ1) is 11.8. The van der Waals surface area contributed by atoms with Crippen LogP contribution in [0.15, 0.2) is 0 Å². The zero-order chi connectivity index (χ0) is 10.9. The first-order valence-electron chi connectivity index (χ1n) is 5.32. The Labute approximate surface area is 99.1 Å². The van der Waals surface area contributed by atoms with Gasteiger partial charge in [0.25, 0.3) is 0 Å². The average molecular weight is 298 g/mol. The third-order valence-corrected chi connectivity index (χ3v) is 6.36. The van der Waals surface area contributed by atoms with Gasteiger partial charge in [0, 0.05) is 6.54 Å². The predicted octanol–water partition coefficient (Wildman–Crippen LogP) is 1.31. The van der Waals surface area contributed by atoms with E-state index in [2.05, 4.69) is 15.9 Å². The Kier molecular flexibility index (Phi) is 3.70. The van der Waals surface area contributed by atoms with Crippen LogP contribution in [0.2, 0.25) is 0 Å². The molecule has 88 valence electrons. The number of rotatable bonds is 2. The van der Waals surface area contributed by atoms with E-state index in [1.54, 1.807) is 4.31 Å². The van der Waals surface area contributed by atoms with Gasteiger partial charge in [0.1, 0.15) is 4.66 Å². The maximum Gasteiger partial charge on any atom is 0.224 e. The lowest BCUT2D eigenvalue weighted by Gasteiger charge is -2.42. The number of ether oxygens (including phenoxy) is 1. The Bertz CT molecular complexity index is 317. The van der Waals surface area contributed by atoms with Crippen molar-refractivity contribution in [3.05, 3.63) is 0 Å². The van der Waals surface area contributed by atoms with Gasteiger partial charge in [-0.15, -0.1) is 0 Å². The summed E-state index contributed by atoms with van der Waals surface area (Å²) in [6, 6.07) is 0.0787. The normalized spacial score (nSPS) is 33.7. The number of fused-ring (bicyclic) bond motifs is 1. The molecule has 0 aromatic heterocycles. The van der Waals surface area contributed by atoms with Crippen molar-refractivity contribution < 1.29 is 13.2 Å². The van der Waals surface area contributed by atoms with Gasteiger partial charge in [0.2, 0.25) is 10.0 Å². The minimum absolute atomic E-state index is 0.0171. The molecule has 0 spiro atoms. The van der Waals surface area contributed by atoms with Crippen LogP contribution in [0.1, 0.15) is 25.7 Å². The van der Waals surface area contributed by atoms with Crippen LogP contribution in [0.3, 0.4) is 0 Å². The van der Waals surface area contributed by atoms with Gasteiger partial charge in [-0.1, -0.05) is 28.8 Å². The van der Waals surface area contributed by atoms with Gasteiger partial charge < -0.3 is 4.74 Å². The third-order valence-electron chi connectivity index (χ3n) is 3.18. The molecule has 0 aromatic carbocycles. The van der Waals surface area contributed by atoms with E-state index in [1.807, 2.05) is 0 Å². The molecule has 2 atom stereocenters. The number of halogens is 1. The fourth-order valence-electron chi connectivity index (χ4n) is 2.47. The maximum absolute atomic E-state index is 11.8. The molecule has 0 bridgehead atoms. The van der Waals surface area contributed by atoms with Crippen LogP contribution in [-0.4, -0.2) is 42.7 Å². The van der Waals surface area contributed by atoms with Gasteiger partial charge in [-0.05, 0) is 12.8 Å². The second kappa shape index (κ2) is 4.69. The van der Waals surface area contributed by atoms with Crippen LogP contribution in [-0.2, 0) is 14.8 Å². The molecular weight excluding hydrogens is 282 g/mol. The lowest BCUT2D eigenvalue weighted by molar-refractivity contribution is -0.0584. The van der Waals surface area contributed by atoms with Crippen molar-refractivity contribution in [1.29, 1.82) is 0 Å².